The van der Waals surface area contributed by atoms with Crippen molar-refractivity contribution in [3.63, 3.8) is 0 Å². The fourth-order valence-electron chi connectivity index (χ4n) is 2.15. The van der Waals surface area contributed by atoms with Crippen molar-refractivity contribution in [1.82, 2.24) is 15.1 Å². The van der Waals surface area contributed by atoms with E-state index in [-0.39, 0.29) is 0 Å². The van der Waals surface area contributed by atoms with E-state index in [2.05, 4.69) is 72.5 Å². The van der Waals surface area contributed by atoms with E-state index < -0.39 is 0 Å². The Hall–Kier alpha value is -1.94. The molecule has 0 aliphatic heterocycles. The Morgan fingerprint density at radius 3 is 2.41 bits per heavy atom. The predicted octanol–water partition coefficient (Wildman–Crippen LogP) is 3.55. The highest BCUT2D eigenvalue weighted by molar-refractivity contribution is 5.39. The Balaban J connectivity index is 2.07. The van der Waals surface area contributed by atoms with Crippen LogP contribution in [0, 0.1) is 13.8 Å². The first-order valence-electron chi connectivity index (χ1n) is 7.79. The Morgan fingerprint density at radius 2 is 1.77 bits per heavy atom. The van der Waals surface area contributed by atoms with Crippen LogP contribution in [0.2, 0.25) is 0 Å². The molecule has 22 heavy (non-hydrogen) atoms. The number of aryl methyl sites for hydroxylation is 2. The molecule has 0 saturated carbocycles. The quantitative estimate of drug-likeness (QED) is 0.885. The van der Waals surface area contributed by atoms with Gasteiger partial charge >= 0.3 is 0 Å². The van der Waals surface area contributed by atoms with Gasteiger partial charge in [0, 0.05) is 19.1 Å². The second kappa shape index (κ2) is 7.36. The van der Waals surface area contributed by atoms with E-state index in [0.717, 1.165) is 30.2 Å². The van der Waals surface area contributed by atoms with Gasteiger partial charge in [0.2, 0.25) is 0 Å². The van der Waals surface area contributed by atoms with Crippen molar-refractivity contribution in [2.24, 2.45) is 0 Å². The van der Waals surface area contributed by atoms with Crippen molar-refractivity contribution in [3.05, 3.63) is 52.7 Å². The lowest BCUT2D eigenvalue weighted by Crippen LogP contribution is -2.26. The van der Waals surface area contributed by atoms with Crippen LogP contribution in [0.15, 0.2) is 30.3 Å². The molecule has 1 aromatic carbocycles. The molecule has 0 atom stereocenters. The highest BCUT2D eigenvalue weighted by Crippen LogP contribution is 2.15. The summed E-state index contributed by atoms with van der Waals surface area (Å²) in [6.45, 7) is 10.2. The van der Waals surface area contributed by atoms with Gasteiger partial charge in [-0.15, -0.1) is 5.10 Å². The van der Waals surface area contributed by atoms with E-state index >= 15 is 0 Å². The van der Waals surface area contributed by atoms with Gasteiger partial charge in [0.1, 0.15) is 5.82 Å². The summed E-state index contributed by atoms with van der Waals surface area (Å²) < 4.78 is 0. The molecule has 4 heteroatoms. The lowest BCUT2D eigenvalue weighted by molar-refractivity contribution is 0.265. The van der Waals surface area contributed by atoms with Crippen molar-refractivity contribution in [1.29, 1.82) is 0 Å². The molecule has 0 aliphatic carbocycles. The van der Waals surface area contributed by atoms with Gasteiger partial charge in [0.15, 0.2) is 0 Å². The zero-order valence-corrected chi connectivity index (χ0v) is 14.2. The molecule has 0 amide bonds. The van der Waals surface area contributed by atoms with E-state index in [1.54, 1.807) is 0 Å². The maximum absolute atomic E-state index is 4.20. The normalized spacial score (nSPS) is 11.2. The predicted molar refractivity (Wildman–Crippen MR) is 91.9 cm³/mol. The third kappa shape index (κ3) is 4.28. The minimum atomic E-state index is 0.534. The smallest absolute Gasteiger partial charge is 0.149 e. The van der Waals surface area contributed by atoms with Crippen molar-refractivity contribution < 1.29 is 0 Å². The van der Waals surface area contributed by atoms with Crippen LogP contribution >= 0.6 is 0 Å². The summed E-state index contributed by atoms with van der Waals surface area (Å²) in [6, 6.07) is 11.1. The van der Waals surface area contributed by atoms with Crippen LogP contribution in [0.4, 0.5) is 5.82 Å². The minimum absolute atomic E-state index is 0.534. The molecule has 1 aromatic heterocycles. The number of aromatic nitrogens is 2. The monoisotopic (exact) mass is 298 g/mol. The van der Waals surface area contributed by atoms with E-state index in [1.807, 2.05) is 13.0 Å². The van der Waals surface area contributed by atoms with Crippen LogP contribution < -0.4 is 5.32 Å². The highest BCUT2D eigenvalue weighted by Gasteiger charge is 2.08. The van der Waals surface area contributed by atoms with Gasteiger partial charge in [-0.25, -0.2) is 0 Å². The van der Waals surface area contributed by atoms with Gasteiger partial charge in [-0.2, -0.15) is 5.10 Å². The van der Waals surface area contributed by atoms with Gasteiger partial charge in [-0.1, -0.05) is 24.3 Å². The largest absolute Gasteiger partial charge is 0.364 e. The molecule has 0 saturated heterocycles. The van der Waals surface area contributed by atoms with Gasteiger partial charge in [-0.05, 0) is 57.5 Å². The standard InChI is InChI=1S/C18H26N4/c1-13(2)22(5)12-17-9-7-6-8-16(17)11-19-18-10-14(3)15(4)20-21-18/h6-10,13H,11-12H2,1-5H3,(H,19,21). The van der Waals surface area contributed by atoms with E-state index in [4.69, 9.17) is 0 Å². The Kier molecular flexibility index (Phi) is 5.50. The number of nitrogens with one attached hydrogen (secondary N) is 1. The topological polar surface area (TPSA) is 41.0 Å². The first-order chi connectivity index (χ1) is 10.5. The van der Waals surface area contributed by atoms with Gasteiger partial charge in [0.25, 0.3) is 0 Å². The van der Waals surface area contributed by atoms with Gasteiger partial charge in [-0.3, -0.25) is 4.90 Å². The number of benzene rings is 1. The summed E-state index contributed by atoms with van der Waals surface area (Å²) in [5.74, 6) is 0.829. The summed E-state index contributed by atoms with van der Waals surface area (Å²) in [5, 5.41) is 11.7. The van der Waals surface area contributed by atoms with Crippen LogP contribution in [-0.2, 0) is 13.1 Å². The second-order valence-corrected chi connectivity index (χ2v) is 6.13. The summed E-state index contributed by atoms with van der Waals surface area (Å²) in [5.41, 5.74) is 4.79. The molecule has 2 rings (SSSR count). The Morgan fingerprint density at radius 1 is 1.09 bits per heavy atom. The van der Waals surface area contributed by atoms with Crippen molar-refractivity contribution in [2.75, 3.05) is 12.4 Å². The number of hydrogen-bond donors (Lipinski definition) is 1. The number of hydrogen-bond acceptors (Lipinski definition) is 4. The van der Waals surface area contributed by atoms with Crippen molar-refractivity contribution in [2.45, 2.75) is 46.8 Å². The molecule has 4 nitrogen and oxygen atoms in total. The highest BCUT2D eigenvalue weighted by atomic mass is 15.2. The van der Waals surface area contributed by atoms with Gasteiger partial charge in [0.05, 0.1) is 5.69 Å². The first kappa shape index (κ1) is 16.4. The maximum atomic E-state index is 4.20. The third-order valence-electron chi connectivity index (χ3n) is 4.11. The van der Waals surface area contributed by atoms with Crippen molar-refractivity contribution in [3.8, 4) is 0 Å². The zero-order chi connectivity index (χ0) is 16.1. The first-order valence-corrected chi connectivity index (χ1v) is 7.79. The molecule has 1 heterocycles. The van der Waals surface area contributed by atoms with E-state index in [1.165, 1.54) is 11.1 Å². The maximum Gasteiger partial charge on any atom is 0.149 e. The van der Waals surface area contributed by atoms with Crippen LogP contribution in [0.3, 0.4) is 0 Å². The molecule has 1 N–H and O–H groups in total. The summed E-state index contributed by atoms with van der Waals surface area (Å²) >= 11 is 0. The zero-order valence-electron chi connectivity index (χ0n) is 14.2. The molecule has 0 spiro atoms. The number of rotatable bonds is 6. The molecule has 0 bridgehead atoms. The fraction of sp³-hybridized carbons (Fsp3) is 0.444. The summed E-state index contributed by atoms with van der Waals surface area (Å²) in [7, 11) is 2.16. The SMILES string of the molecule is Cc1cc(NCc2ccccc2CN(C)C(C)C)nnc1C. The average molecular weight is 298 g/mol. The van der Waals surface area contributed by atoms with Crippen LogP contribution in [0.25, 0.3) is 0 Å². The van der Waals surface area contributed by atoms with E-state index in [9.17, 15) is 0 Å². The average Bonchev–Trinajstić information content (AvgIpc) is 2.49. The summed E-state index contributed by atoms with van der Waals surface area (Å²) in [4.78, 5) is 2.34. The van der Waals surface area contributed by atoms with E-state index in [0.29, 0.717) is 6.04 Å². The van der Waals surface area contributed by atoms with Gasteiger partial charge < -0.3 is 5.32 Å². The molecular formula is C18H26N4. The lowest BCUT2D eigenvalue weighted by Gasteiger charge is -2.22. The van der Waals surface area contributed by atoms with Crippen LogP contribution in [0.1, 0.15) is 36.2 Å². The Labute approximate surface area is 133 Å². The second-order valence-electron chi connectivity index (χ2n) is 6.13. The molecule has 0 fully saturated rings. The molecule has 2 aromatic rings. The minimum Gasteiger partial charge on any atom is -0.364 e. The Bertz CT molecular complexity index is 622. The fourth-order valence-corrected chi connectivity index (χ4v) is 2.15. The molecule has 0 unspecified atom stereocenters. The lowest BCUT2D eigenvalue weighted by atomic mass is 10.1. The molecule has 0 aliphatic rings. The number of anilines is 1. The molecular weight excluding hydrogens is 272 g/mol. The van der Waals surface area contributed by atoms with Crippen molar-refractivity contribution >= 4 is 5.82 Å². The third-order valence-corrected chi connectivity index (χ3v) is 4.11. The summed E-state index contributed by atoms with van der Waals surface area (Å²) in [6.07, 6.45) is 0. The van der Waals surface area contributed by atoms with Crippen LogP contribution in [0.5, 0.6) is 0 Å². The molecule has 0 radical (unpaired) electrons. The molecule has 118 valence electrons. The number of nitrogens with zero attached hydrogens (tertiary/aromatic N) is 3. The van der Waals surface area contributed by atoms with Crippen LogP contribution in [-0.4, -0.2) is 28.2 Å².